The van der Waals surface area contributed by atoms with Crippen LogP contribution in [-0.4, -0.2) is 10.4 Å². The van der Waals surface area contributed by atoms with Gasteiger partial charge in [-0.2, -0.15) is 0 Å². The number of halogens is 3. The van der Waals surface area contributed by atoms with Crippen molar-refractivity contribution < 1.29 is 13.9 Å². The van der Waals surface area contributed by atoms with E-state index in [0.29, 0.717) is 11.4 Å². The molecule has 0 aliphatic heterocycles. The Morgan fingerprint density at radius 1 is 1.46 bits per heavy atom. The maximum atomic E-state index is 12.8. The van der Waals surface area contributed by atoms with Crippen LogP contribution >= 0.6 is 15.9 Å². The quantitative estimate of drug-likeness (QED) is 0.800. The van der Waals surface area contributed by atoms with Crippen LogP contribution in [0.3, 0.4) is 0 Å². The summed E-state index contributed by atoms with van der Waals surface area (Å²) < 4.78 is 25.6. The molecule has 0 bridgehead atoms. The molecule has 1 aromatic carbocycles. The SMILES string of the molecule is CC(CBr)c1cc(F)cc(F)c1O. The van der Waals surface area contributed by atoms with Gasteiger partial charge in [-0.15, -0.1) is 0 Å². The van der Waals surface area contributed by atoms with Crippen molar-refractivity contribution in [2.75, 3.05) is 5.33 Å². The molecule has 0 fully saturated rings. The van der Waals surface area contributed by atoms with E-state index in [1.807, 2.05) is 0 Å². The highest BCUT2D eigenvalue weighted by atomic mass is 79.9. The smallest absolute Gasteiger partial charge is 0.168 e. The van der Waals surface area contributed by atoms with Crippen molar-refractivity contribution >= 4 is 15.9 Å². The lowest BCUT2D eigenvalue weighted by atomic mass is 10.0. The standard InChI is InChI=1S/C9H9BrF2O/c1-5(4-10)7-2-6(11)3-8(12)9(7)13/h2-3,5,13H,4H2,1H3. The van der Waals surface area contributed by atoms with Gasteiger partial charge >= 0.3 is 0 Å². The molecule has 0 aliphatic carbocycles. The molecule has 1 atom stereocenters. The lowest BCUT2D eigenvalue weighted by Crippen LogP contribution is -1.97. The second-order valence-corrected chi connectivity index (χ2v) is 3.53. The Labute approximate surface area is 83.5 Å². The highest BCUT2D eigenvalue weighted by Crippen LogP contribution is 2.30. The van der Waals surface area contributed by atoms with E-state index in [1.165, 1.54) is 0 Å². The highest BCUT2D eigenvalue weighted by Gasteiger charge is 2.14. The highest BCUT2D eigenvalue weighted by molar-refractivity contribution is 9.09. The molecule has 0 saturated heterocycles. The summed E-state index contributed by atoms with van der Waals surface area (Å²) in [6.07, 6.45) is 0. The number of rotatable bonds is 2. The second kappa shape index (κ2) is 4.05. The van der Waals surface area contributed by atoms with Gasteiger partial charge in [0.25, 0.3) is 0 Å². The third-order valence-corrected chi connectivity index (χ3v) is 2.79. The summed E-state index contributed by atoms with van der Waals surface area (Å²) >= 11 is 3.18. The van der Waals surface area contributed by atoms with Crippen LogP contribution in [0.25, 0.3) is 0 Å². The van der Waals surface area contributed by atoms with Crippen molar-refractivity contribution in [2.24, 2.45) is 0 Å². The number of phenolic OH excluding ortho intramolecular Hbond substituents is 1. The molecule has 0 spiro atoms. The predicted molar refractivity (Wildman–Crippen MR) is 50.2 cm³/mol. The Morgan fingerprint density at radius 3 is 2.62 bits per heavy atom. The fourth-order valence-corrected chi connectivity index (χ4v) is 1.39. The third kappa shape index (κ3) is 2.18. The monoisotopic (exact) mass is 250 g/mol. The Hall–Kier alpha value is -0.640. The zero-order chi connectivity index (χ0) is 10.0. The van der Waals surface area contributed by atoms with Crippen LogP contribution in [-0.2, 0) is 0 Å². The molecule has 0 radical (unpaired) electrons. The molecule has 1 aromatic rings. The summed E-state index contributed by atoms with van der Waals surface area (Å²) in [4.78, 5) is 0. The Morgan fingerprint density at radius 2 is 2.08 bits per heavy atom. The van der Waals surface area contributed by atoms with E-state index in [4.69, 9.17) is 0 Å². The largest absolute Gasteiger partial charge is 0.505 e. The molecule has 1 unspecified atom stereocenters. The minimum absolute atomic E-state index is 0.120. The van der Waals surface area contributed by atoms with Crippen LogP contribution < -0.4 is 0 Å². The predicted octanol–water partition coefficient (Wildman–Crippen LogP) is 3.17. The molecule has 1 rings (SSSR count). The number of hydrogen-bond donors (Lipinski definition) is 1. The molecule has 4 heteroatoms. The van der Waals surface area contributed by atoms with Crippen LogP contribution in [0.2, 0.25) is 0 Å². The molecule has 0 aromatic heterocycles. The fourth-order valence-electron chi connectivity index (χ4n) is 1.04. The molecule has 72 valence electrons. The van der Waals surface area contributed by atoms with Gasteiger partial charge in [-0.3, -0.25) is 0 Å². The van der Waals surface area contributed by atoms with E-state index in [2.05, 4.69) is 15.9 Å². The van der Waals surface area contributed by atoms with Crippen molar-refractivity contribution in [3.63, 3.8) is 0 Å². The van der Waals surface area contributed by atoms with Crippen molar-refractivity contribution in [3.8, 4) is 5.75 Å². The molecule has 0 aliphatic rings. The first-order valence-corrected chi connectivity index (χ1v) is 4.92. The summed E-state index contributed by atoms with van der Waals surface area (Å²) in [6, 6.07) is 1.81. The topological polar surface area (TPSA) is 20.2 Å². The first-order valence-electron chi connectivity index (χ1n) is 3.80. The summed E-state index contributed by atoms with van der Waals surface area (Å²) in [5, 5.41) is 9.81. The van der Waals surface area contributed by atoms with E-state index < -0.39 is 17.4 Å². The average Bonchev–Trinajstić information content (AvgIpc) is 2.10. The van der Waals surface area contributed by atoms with E-state index in [0.717, 1.165) is 6.07 Å². The number of phenols is 1. The zero-order valence-corrected chi connectivity index (χ0v) is 8.61. The minimum atomic E-state index is -0.914. The van der Waals surface area contributed by atoms with Crippen molar-refractivity contribution in [2.45, 2.75) is 12.8 Å². The van der Waals surface area contributed by atoms with E-state index in [1.54, 1.807) is 6.92 Å². The van der Waals surface area contributed by atoms with Gasteiger partial charge in [0.1, 0.15) is 5.82 Å². The normalized spacial score (nSPS) is 12.9. The van der Waals surface area contributed by atoms with Crippen molar-refractivity contribution in [1.29, 1.82) is 0 Å². The number of aromatic hydroxyl groups is 1. The second-order valence-electron chi connectivity index (χ2n) is 2.88. The lowest BCUT2D eigenvalue weighted by molar-refractivity contribution is 0.418. The summed E-state index contributed by atoms with van der Waals surface area (Å²) in [6.45, 7) is 1.77. The van der Waals surface area contributed by atoms with Gasteiger partial charge in [0.15, 0.2) is 11.6 Å². The average molecular weight is 251 g/mol. The summed E-state index contributed by atoms with van der Waals surface area (Å²) in [7, 11) is 0. The molecular formula is C9H9BrF2O. The molecule has 0 saturated carbocycles. The van der Waals surface area contributed by atoms with Crippen LogP contribution in [0.1, 0.15) is 18.4 Å². The number of alkyl halides is 1. The van der Waals surface area contributed by atoms with Crippen LogP contribution in [0.4, 0.5) is 8.78 Å². The van der Waals surface area contributed by atoms with E-state index in [9.17, 15) is 13.9 Å². The molecule has 13 heavy (non-hydrogen) atoms. The van der Waals surface area contributed by atoms with Gasteiger partial charge in [0.05, 0.1) is 0 Å². The van der Waals surface area contributed by atoms with Gasteiger partial charge < -0.3 is 5.11 Å². The van der Waals surface area contributed by atoms with Gasteiger partial charge in [0.2, 0.25) is 0 Å². The molecule has 1 N–H and O–H groups in total. The fraction of sp³-hybridized carbons (Fsp3) is 0.333. The Kier molecular flexibility index (Phi) is 3.25. The molecular weight excluding hydrogens is 242 g/mol. The van der Waals surface area contributed by atoms with Gasteiger partial charge in [-0.25, -0.2) is 8.78 Å². The molecule has 0 amide bonds. The maximum absolute atomic E-state index is 12.8. The van der Waals surface area contributed by atoms with Crippen LogP contribution in [0.15, 0.2) is 12.1 Å². The Bertz CT molecular complexity index is 315. The minimum Gasteiger partial charge on any atom is -0.505 e. The van der Waals surface area contributed by atoms with Crippen LogP contribution in [0.5, 0.6) is 5.75 Å². The van der Waals surface area contributed by atoms with Gasteiger partial charge in [-0.1, -0.05) is 22.9 Å². The lowest BCUT2D eigenvalue weighted by Gasteiger charge is -2.10. The molecule has 0 heterocycles. The van der Waals surface area contributed by atoms with Gasteiger partial charge in [0, 0.05) is 17.0 Å². The first-order chi connectivity index (χ1) is 6.06. The van der Waals surface area contributed by atoms with Crippen molar-refractivity contribution in [3.05, 3.63) is 29.3 Å². The number of hydrogen-bond acceptors (Lipinski definition) is 1. The zero-order valence-electron chi connectivity index (χ0n) is 7.02. The number of benzene rings is 1. The summed E-state index contributed by atoms with van der Waals surface area (Å²) in [5.74, 6) is -2.17. The van der Waals surface area contributed by atoms with E-state index in [-0.39, 0.29) is 11.5 Å². The van der Waals surface area contributed by atoms with Gasteiger partial charge in [-0.05, 0) is 12.0 Å². The Balaban J connectivity index is 3.20. The maximum Gasteiger partial charge on any atom is 0.168 e. The van der Waals surface area contributed by atoms with Crippen molar-refractivity contribution in [1.82, 2.24) is 0 Å². The first kappa shape index (κ1) is 10.4. The summed E-state index contributed by atoms with van der Waals surface area (Å²) in [5.41, 5.74) is 0.286. The van der Waals surface area contributed by atoms with Crippen LogP contribution in [0, 0.1) is 11.6 Å². The molecule has 1 nitrogen and oxygen atoms in total. The van der Waals surface area contributed by atoms with E-state index >= 15 is 0 Å². The third-order valence-electron chi connectivity index (χ3n) is 1.82.